The molecule has 26 heavy (non-hydrogen) atoms. The van der Waals surface area contributed by atoms with Gasteiger partial charge in [-0.2, -0.15) is 0 Å². The molecular formula is C20H28N2O4. The van der Waals surface area contributed by atoms with E-state index in [9.17, 15) is 9.59 Å². The molecule has 0 aromatic heterocycles. The summed E-state index contributed by atoms with van der Waals surface area (Å²) < 4.78 is 10.8. The molecule has 2 heterocycles. The summed E-state index contributed by atoms with van der Waals surface area (Å²) in [6.07, 6.45) is 4.87. The summed E-state index contributed by atoms with van der Waals surface area (Å²) in [5.41, 5.74) is 0. The zero-order valence-electron chi connectivity index (χ0n) is 15.5. The first-order chi connectivity index (χ1) is 12.7. The highest BCUT2D eigenvalue weighted by Crippen LogP contribution is 2.22. The fraction of sp³-hybridized carbons (Fsp3) is 0.600. The monoisotopic (exact) mass is 360 g/mol. The maximum absolute atomic E-state index is 12.7. The van der Waals surface area contributed by atoms with Crippen molar-refractivity contribution in [3.8, 4) is 11.5 Å². The SMILES string of the molecule is COc1ccc(OCCN2CC(C(=O)N3CCCCCC3)CC2=O)cc1. The third-order valence-electron chi connectivity index (χ3n) is 5.17. The molecular weight excluding hydrogens is 332 g/mol. The molecule has 0 aliphatic carbocycles. The molecule has 0 spiro atoms. The van der Waals surface area contributed by atoms with Crippen LogP contribution in [0.2, 0.25) is 0 Å². The standard InChI is InChI=1S/C20H28N2O4/c1-25-17-6-8-18(9-7-17)26-13-12-22-15-16(14-19(22)23)20(24)21-10-4-2-3-5-11-21/h6-9,16H,2-5,10-15H2,1H3. The Labute approximate surface area is 155 Å². The van der Waals surface area contributed by atoms with Crippen LogP contribution in [0, 0.1) is 5.92 Å². The van der Waals surface area contributed by atoms with Crippen molar-refractivity contribution in [1.82, 2.24) is 9.80 Å². The Bertz CT molecular complexity index is 609. The normalized spacial score (nSPS) is 20.8. The van der Waals surface area contributed by atoms with E-state index < -0.39 is 0 Å². The van der Waals surface area contributed by atoms with Crippen molar-refractivity contribution in [3.05, 3.63) is 24.3 Å². The Morgan fingerprint density at radius 1 is 1.08 bits per heavy atom. The largest absolute Gasteiger partial charge is 0.497 e. The lowest BCUT2D eigenvalue weighted by molar-refractivity contribution is -0.135. The number of carbonyl (C=O) groups excluding carboxylic acids is 2. The van der Waals surface area contributed by atoms with Gasteiger partial charge >= 0.3 is 0 Å². The Kier molecular flexibility index (Phi) is 6.36. The maximum atomic E-state index is 12.7. The van der Waals surface area contributed by atoms with Crippen LogP contribution in [-0.2, 0) is 9.59 Å². The van der Waals surface area contributed by atoms with Crippen LogP contribution in [0.4, 0.5) is 0 Å². The smallest absolute Gasteiger partial charge is 0.227 e. The first-order valence-electron chi connectivity index (χ1n) is 9.51. The van der Waals surface area contributed by atoms with Gasteiger partial charge in [0.05, 0.1) is 19.6 Å². The lowest BCUT2D eigenvalue weighted by atomic mass is 10.1. The number of ether oxygens (including phenoxy) is 2. The Balaban J connectivity index is 1.45. The summed E-state index contributed by atoms with van der Waals surface area (Å²) in [6.45, 7) is 3.12. The van der Waals surface area contributed by atoms with Gasteiger partial charge in [-0.3, -0.25) is 9.59 Å². The number of benzene rings is 1. The molecule has 1 unspecified atom stereocenters. The highest BCUT2D eigenvalue weighted by Gasteiger charge is 2.36. The third kappa shape index (κ3) is 4.68. The third-order valence-corrected chi connectivity index (χ3v) is 5.17. The number of amides is 2. The molecule has 0 saturated carbocycles. The van der Waals surface area contributed by atoms with E-state index in [1.807, 2.05) is 29.2 Å². The molecule has 2 fully saturated rings. The molecule has 0 bridgehead atoms. The molecule has 2 aliphatic heterocycles. The van der Waals surface area contributed by atoms with Crippen LogP contribution in [0.25, 0.3) is 0 Å². The zero-order valence-corrected chi connectivity index (χ0v) is 15.5. The van der Waals surface area contributed by atoms with Gasteiger partial charge in [0, 0.05) is 26.1 Å². The van der Waals surface area contributed by atoms with Gasteiger partial charge < -0.3 is 19.3 Å². The van der Waals surface area contributed by atoms with Gasteiger partial charge in [0.1, 0.15) is 18.1 Å². The van der Waals surface area contributed by atoms with Crippen LogP contribution in [0.5, 0.6) is 11.5 Å². The molecule has 0 radical (unpaired) electrons. The topological polar surface area (TPSA) is 59.1 Å². The van der Waals surface area contributed by atoms with Crippen LogP contribution in [0.1, 0.15) is 32.1 Å². The molecule has 1 aromatic carbocycles. The van der Waals surface area contributed by atoms with Crippen molar-refractivity contribution in [1.29, 1.82) is 0 Å². The van der Waals surface area contributed by atoms with E-state index in [2.05, 4.69) is 0 Å². The molecule has 2 amide bonds. The van der Waals surface area contributed by atoms with Crippen molar-refractivity contribution in [2.45, 2.75) is 32.1 Å². The van der Waals surface area contributed by atoms with Crippen LogP contribution in [0.15, 0.2) is 24.3 Å². The second-order valence-electron chi connectivity index (χ2n) is 7.00. The van der Waals surface area contributed by atoms with E-state index >= 15 is 0 Å². The minimum absolute atomic E-state index is 0.0523. The molecule has 1 atom stereocenters. The fourth-order valence-corrected chi connectivity index (χ4v) is 3.65. The van der Waals surface area contributed by atoms with E-state index in [1.165, 1.54) is 12.8 Å². The quantitative estimate of drug-likeness (QED) is 0.781. The summed E-state index contributed by atoms with van der Waals surface area (Å²) in [7, 11) is 1.62. The Morgan fingerprint density at radius 3 is 2.38 bits per heavy atom. The average Bonchev–Trinajstić information content (AvgIpc) is 2.87. The summed E-state index contributed by atoms with van der Waals surface area (Å²) in [5.74, 6) is 1.54. The Hall–Kier alpha value is -2.24. The van der Waals surface area contributed by atoms with Gasteiger partial charge in [0.2, 0.25) is 11.8 Å². The molecule has 2 saturated heterocycles. The lowest BCUT2D eigenvalue weighted by Crippen LogP contribution is -2.38. The Morgan fingerprint density at radius 2 is 1.73 bits per heavy atom. The van der Waals surface area contributed by atoms with Gasteiger partial charge in [0.15, 0.2) is 0 Å². The highest BCUT2D eigenvalue weighted by atomic mass is 16.5. The van der Waals surface area contributed by atoms with Crippen LogP contribution in [0.3, 0.4) is 0 Å². The molecule has 2 aliphatic rings. The molecule has 6 nitrogen and oxygen atoms in total. The zero-order chi connectivity index (χ0) is 18.4. The molecule has 3 rings (SSSR count). The van der Waals surface area contributed by atoms with Crippen LogP contribution >= 0.6 is 0 Å². The number of rotatable bonds is 6. The second kappa shape index (κ2) is 8.92. The van der Waals surface area contributed by atoms with Crippen LogP contribution in [-0.4, -0.2) is 61.5 Å². The van der Waals surface area contributed by atoms with E-state index in [0.717, 1.165) is 37.4 Å². The molecule has 1 aromatic rings. The van der Waals surface area contributed by atoms with E-state index in [-0.39, 0.29) is 17.7 Å². The second-order valence-corrected chi connectivity index (χ2v) is 7.00. The summed E-state index contributed by atoms with van der Waals surface area (Å²) in [4.78, 5) is 28.7. The summed E-state index contributed by atoms with van der Waals surface area (Å²) in [5, 5.41) is 0. The van der Waals surface area contributed by atoms with Crippen molar-refractivity contribution >= 4 is 11.8 Å². The molecule has 0 N–H and O–H groups in total. The van der Waals surface area contributed by atoms with E-state index in [4.69, 9.17) is 9.47 Å². The molecule has 142 valence electrons. The lowest BCUT2D eigenvalue weighted by Gasteiger charge is -2.24. The number of methoxy groups -OCH3 is 1. The summed E-state index contributed by atoms with van der Waals surface area (Å²) >= 11 is 0. The first-order valence-corrected chi connectivity index (χ1v) is 9.51. The number of hydrogen-bond acceptors (Lipinski definition) is 4. The highest BCUT2D eigenvalue weighted by molar-refractivity contribution is 5.89. The van der Waals surface area contributed by atoms with E-state index in [0.29, 0.717) is 26.1 Å². The minimum Gasteiger partial charge on any atom is -0.497 e. The number of likely N-dealkylation sites (tertiary alicyclic amines) is 2. The van der Waals surface area contributed by atoms with Gasteiger partial charge in [-0.1, -0.05) is 12.8 Å². The van der Waals surface area contributed by atoms with Gasteiger partial charge in [0.25, 0.3) is 0 Å². The van der Waals surface area contributed by atoms with Gasteiger partial charge in [-0.25, -0.2) is 0 Å². The number of hydrogen-bond donors (Lipinski definition) is 0. The fourth-order valence-electron chi connectivity index (χ4n) is 3.65. The summed E-state index contributed by atoms with van der Waals surface area (Å²) in [6, 6.07) is 7.37. The maximum Gasteiger partial charge on any atom is 0.227 e. The van der Waals surface area contributed by atoms with Crippen LogP contribution < -0.4 is 9.47 Å². The van der Waals surface area contributed by atoms with Crippen molar-refractivity contribution in [2.75, 3.05) is 39.9 Å². The predicted molar refractivity (Wildman–Crippen MR) is 98.2 cm³/mol. The van der Waals surface area contributed by atoms with Gasteiger partial charge in [-0.15, -0.1) is 0 Å². The van der Waals surface area contributed by atoms with Crippen molar-refractivity contribution < 1.29 is 19.1 Å². The van der Waals surface area contributed by atoms with Crippen molar-refractivity contribution in [2.24, 2.45) is 5.92 Å². The number of carbonyl (C=O) groups is 2. The average molecular weight is 360 g/mol. The van der Waals surface area contributed by atoms with Crippen molar-refractivity contribution in [3.63, 3.8) is 0 Å². The minimum atomic E-state index is -0.193. The predicted octanol–water partition coefficient (Wildman–Crippen LogP) is 2.33. The molecule has 6 heteroatoms. The first kappa shape index (κ1) is 18.5. The van der Waals surface area contributed by atoms with Gasteiger partial charge in [-0.05, 0) is 37.1 Å². The number of nitrogens with zero attached hydrogens (tertiary/aromatic N) is 2. The van der Waals surface area contributed by atoms with E-state index in [1.54, 1.807) is 12.0 Å².